The molecular formula is C33H42N10O5. The summed E-state index contributed by atoms with van der Waals surface area (Å²) < 4.78 is 0. The number of amides is 5. The molecule has 48 heavy (non-hydrogen) atoms. The Hall–Kier alpha value is -5.73. The number of H-pyrrole nitrogens is 1. The number of hydrogen-bond acceptors (Lipinski definition) is 7. The second-order valence-corrected chi connectivity index (χ2v) is 11.7. The third-order valence-electron chi connectivity index (χ3n) is 8.01. The Morgan fingerprint density at radius 3 is 2.17 bits per heavy atom. The minimum Gasteiger partial charge on any atom is -0.370 e. The highest BCUT2D eigenvalue weighted by molar-refractivity contribution is 5.95. The normalized spacial score (nSPS) is 15.6. The van der Waals surface area contributed by atoms with Crippen LogP contribution < -0.4 is 33.2 Å². The van der Waals surface area contributed by atoms with Crippen molar-refractivity contribution in [2.45, 2.75) is 69.7 Å². The summed E-state index contributed by atoms with van der Waals surface area (Å²) in [7, 11) is 0. The summed E-state index contributed by atoms with van der Waals surface area (Å²) in [5.41, 5.74) is 19.8. The van der Waals surface area contributed by atoms with E-state index in [1.807, 2.05) is 42.5 Å². The molecule has 2 heterocycles. The first-order valence-corrected chi connectivity index (χ1v) is 15.6. The molecule has 0 saturated heterocycles. The molecule has 0 saturated carbocycles. The fraction of sp³-hybridized carbons (Fsp3) is 0.364. The standard InChI is InChI=1S/C33H42N10O5/c1-20(44)40-27(16-24-17-37-19-39-24)31(47)42-26(14-21-8-3-2-4-9-21)30(46)41-25(12-7-13-38-33(35)36)32(48)43-18-23-11-6-5-10-22(23)15-28(43)29(34)45/h2-6,8-11,17,19,25-28H,7,12-16,18H2,1H3,(H2,34,45)(H,37,39)(H,40,44)(H,41,46)(H,42,47)(H4,35,36,38)/t25-,26+,27-,28-/m0/s1. The van der Waals surface area contributed by atoms with Crippen LogP contribution in [0.25, 0.3) is 0 Å². The summed E-state index contributed by atoms with van der Waals surface area (Å²) in [6.07, 6.45) is 3.87. The number of guanidine groups is 1. The van der Waals surface area contributed by atoms with Gasteiger partial charge in [-0.2, -0.15) is 0 Å². The van der Waals surface area contributed by atoms with Crippen LogP contribution in [0.2, 0.25) is 0 Å². The van der Waals surface area contributed by atoms with Crippen molar-refractivity contribution in [2.24, 2.45) is 22.2 Å². The number of fused-ring (bicyclic) bond motifs is 1. The van der Waals surface area contributed by atoms with Gasteiger partial charge in [-0.1, -0.05) is 54.6 Å². The lowest BCUT2D eigenvalue weighted by molar-refractivity contribution is -0.144. The lowest BCUT2D eigenvalue weighted by Crippen LogP contribution is -2.60. The predicted molar refractivity (Wildman–Crippen MR) is 177 cm³/mol. The molecule has 0 radical (unpaired) electrons. The van der Waals surface area contributed by atoms with Crippen LogP contribution in [0.1, 0.15) is 42.1 Å². The first-order valence-electron chi connectivity index (χ1n) is 15.6. The number of carbonyl (C=O) groups is 5. The van der Waals surface area contributed by atoms with Crippen molar-refractivity contribution in [3.05, 3.63) is 89.5 Å². The average molecular weight is 659 g/mol. The van der Waals surface area contributed by atoms with Crippen LogP contribution in [0, 0.1) is 0 Å². The Morgan fingerprint density at radius 1 is 0.896 bits per heavy atom. The van der Waals surface area contributed by atoms with Gasteiger partial charge in [0, 0.05) is 51.2 Å². The van der Waals surface area contributed by atoms with Crippen LogP contribution in [-0.2, 0) is 49.8 Å². The van der Waals surface area contributed by atoms with Gasteiger partial charge >= 0.3 is 0 Å². The highest BCUT2D eigenvalue weighted by Crippen LogP contribution is 2.24. The minimum atomic E-state index is -1.14. The molecule has 0 bridgehead atoms. The third kappa shape index (κ3) is 9.88. The zero-order chi connectivity index (χ0) is 34.6. The van der Waals surface area contributed by atoms with Crippen molar-refractivity contribution in [1.29, 1.82) is 0 Å². The number of nitrogens with one attached hydrogen (secondary N) is 4. The molecule has 1 aromatic heterocycles. The molecule has 0 spiro atoms. The highest BCUT2D eigenvalue weighted by Gasteiger charge is 2.38. The fourth-order valence-electron chi connectivity index (χ4n) is 5.64. The molecule has 0 unspecified atom stereocenters. The maximum atomic E-state index is 14.2. The van der Waals surface area contributed by atoms with E-state index in [0.29, 0.717) is 12.1 Å². The van der Waals surface area contributed by atoms with Crippen LogP contribution in [0.3, 0.4) is 0 Å². The lowest BCUT2D eigenvalue weighted by Gasteiger charge is -2.37. The predicted octanol–water partition coefficient (Wildman–Crippen LogP) is -0.838. The number of aromatic nitrogens is 2. The topological polar surface area (TPSA) is 244 Å². The maximum absolute atomic E-state index is 14.2. The molecule has 0 fully saturated rings. The van der Waals surface area contributed by atoms with Crippen LogP contribution in [0.5, 0.6) is 0 Å². The fourth-order valence-corrected chi connectivity index (χ4v) is 5.64. The number of carbonyl (C=O) groups excluding carboxylic acids is 5. The molecule has 1 aliphatic rings. The van der Waals surface area contributed by atoms with Crippen LogP contribution in [0.15, 0.2) is 72.1 Å². The molecular weight excluding hydrogens is 616 g/mol. The maximum Gasteiger partial charge on any atom is 0.246 e. The van der Waals surface area contributed by atoms with Gasteiger partial charge in [-0.15, -0.1) is 0 Å². The number of nitrogens with zero attached hydrogens (tertiary/aromatic N) is 3. The molecule has 15 heteroatoms. The zero-order valence-electron chi connectivity index (χ0n) is 26.7. The van der Waals surface area contributed by atoms with Gasteiger partial charge in [0.05, 0.1) is 6.33 Å². The van der Waals surface area contributed by atoms with E-state index in [0.717, 1.165) is 16.7 Å². The minimum absolute atomic E-state index is 0.0885. The molecule has 1 aliphatic heterocycles. The van der Waals surface area contributed by atoms with Gasteiger partial charge in [0.15, 0.2) is 5.96 Å². The van der Waals surface area contributed by atoms with Crippen LogP contribution in [-0.4, -0.2) is 81.1 Å². The first kappa shape index (κ1) is 35.1. The molecule has 4 atom stereocenters. The number of imidazole rings is 1. The van der Waals surface area contributed by atoms with Gasteiger partial charge in [-0.05, 0) is 29.5 Å². The Labute approximate surface area is 278 Å². The van der Waals surface area contributed by atoms with Crippen molar-refractivity contribution < 1.29 is 24.0 Å². The summed E-state index contributed by atoms with van der Waals surface area (Å²) >= 11 is 0. The summed E-state index contributed by atoms with van der Waals surface area (Å²) in [5, 5.41) is 8.23. The van der Waals surface area contributed by atoms with Crippen molar-refractivity contribution in [3.63, 3.8) is 0 Å². The van der Waals surface area contributed by atoms with E-state index in [9.17, 15) is 24.0 Å². The van der Waals surface area contributed by atoms with E-state index in [1.54, 1.807) is 12.1 Å². The smallest absolute Gasteiger partial charge is 0.246 e. The molecule has 3 aromatic rings. The second-order valence-electron chi connectivity index (χ2n) is 11.7. The van der Waals surface area contributed by atoms with E-state index < -0.39 is 53.7 Å². The van der Waals surface area contributed by atoms with E-state index in [2.05, 4.69) is 30.9 Å². The molecule has 254 valence electrons. The Bertz CT molecular complexity index is 1610. The van der Waals surface area contributed by atoms with Gasteiger partial charge in [0.25, 0.3) is 0 Å². The number of primary amides is 1. The highest BCUT2D eigenvalue weighted by atomic mass is 16.2. The van der Waals surface area contributed by atoms with Gasteiger partial charge in [-0.3, -0.25) is 29.0 Å². The summed E-state index contributed by atoms with van der Waals surface area (Å²) in [6, 6.07) is 12.3. The number of rotatable bonds is 15. The van der Waals surface area contributed by atoms with Gasteiger partial charge < -0.3 is 43.0 Å². The number of nitrogens with two attached hydrogens (primary N) is 3. The monoisotopic (exact) mass is 658 g/mol. The first-order chi connectivity index (χ1) is 23.0. The Balaban J connectivity index is 1.60. The third-order valence-corrected chi connectivity index (χ3v) is 8.01. The van der Waals surface area contributed by atoms with E-state index in [1.165, 1.54) is 24.3 Å². The van der Waals surface area contributed by atoms with Gasteiger partial charge in [-0.25, -0.2) is 4.98 Å². The second kappa shape index (κ2) is 16.7. The number of benzene rings is 2. The van der Waals surface area contributed by atoms with Gasteiger partial charge in [0.2, 0.25) is 29.5 Å². The molecule has 2 aromatic carbocycles. The number of aliphatic imine (C=N–C) groups is 1. The van der Waals surface area contributed by atoms with Crippen LogP contribution >= 0.6 is 0 Å². The SMILES string of the molecule is CC(=O)N[C@@H](Cc1cnc[nH]1)C(=O)N[C@H](Cc1ccccc1)C(=O)N[C@@H](CCCN=C(N)N)C(=O)N1Cc2ccccc2C[C@H]1C(N)=O. The number of hydrogen-bond donors (Lipinski definition) is 7. The number of aromatic amines is 1. The molecule has 15 nitrogen and oxygen atoms in total. The molecule has 5 amide bonds. The lowest BCUT2D eigenvalue weighted by atomic mass is 9.92. The van der Waals surface area contributed by atoms with Crippen molar-refractivity contribution >= 4 is 35.5 Å². The molecule has 4 rings (SSSR count). The van der Waals surface area contributed by atoms with E-state index in [-0.39, 0.29) is 44.7 Å². The van der Waals surface area contributed by atoms with Crippen molar-refractivity contribution in [1.82, 2.24) is 30.8 Å². The summed E-state index contributed by atoms with van der Waals surface area (Å²) in [5.74, 6) is -2.96. The van der Waals surface area contributed by atoms with Crippen molar-refractivity contribution in [3.8, 4) is 0 Å². The quantitative estimate of drug-likeness (QED) is 0.0615. The zero-order valence-corrected chi connectivity index (χ0v) is 26.7. The van der Waals surface area contributed by atoms with E-state index in [4.69, 9.17) is 17.2 Å². The Kier molecular flexibility index (Phi) is 12.2. The summed E-state index contributed by atoms with van der Waals surface area (Å²) in [4.78, 5) is 78.6. The Morgan fingerprint density at radius 2 is 1.54 bits per heavy atom. The average Bonchev–Trinajstić information content (AvgIpc) is 3.57. The molecule has 0 aliphatic carbocycles. The largest absolute Gasteiger partial charge is 0.370 e. The van der Waals surface area contributed by atoms with Gasteiger partial charge in [0.1, 0.15) is 24.2 Å². The molecule has 10 N–H and O–H groups in total. The summed E-state index contributed by atoms with van der Waals surface area (Å²) in [6.45, 7) is 1.61. The van der Waals surface area contributed by atoms with Crippen molar-refractivity contribution in [2.75, 3.05) is 6.54 Å². The van der Waals surface area contributed by atoms with Crippen LogP contribution in [0.4, 0.5) is 0 Å². The van der Waals surface area contributed by atoms with E-state index >= 15 is 0 Å².